The Hall–Kier alpha value is -2.04. The molecule has 1 aliphatic rings. The van der Waals surface area contributed by atoms with Gasteiger partial charge in [0, 0.05) is 14.0 Å². The number of nitrogens with zero attached hydrogens (tertiary/aromatic N) is 1. The molecular formula is C18H25NO4. The number of hydrogen-bond donors (Lipinski definition) is 0. The van der Waals surface area contributed by atoms with Gasteiger partial charge in [-0.05, 0) is 51.6 Å². The third-order valence-corrected chi connectivity index (χ3v) is 3.66. The third kappa shape index (κ3) is 4.47. The Morgan fingerprint density at radius 1 is 1.35 bits per heavy atom. The highest BCUT2D eigenvalue weighted by molar-refractivity contribution is 5.91. The molecule has 1 heterocycles. The van der Waals surface area contributed by atoms with Gasteiger partial charge in [0.1, 0.15) is 5.60 Å². The second-order valence-electron chi connectivity index (χ2n) is 6.63. The summed E-state index contributed by atoms with van der Waals surface area (Å²) in [4.78, 5) is 25.9. The Labute approximate surface area is 139 Å². The molecule has 1 saturated heterocycles. The minimum Gasteiger partial charge on any atom is -0.456 e. The van der Waals surface area contributed by atoms with E-state index in [-0.39, 0.29) is 6.04 Å². The number of rotatable bonds is 3. The molecule has 23 heavy (non-hydrogen) atoms. The highest BCUT2D eigenvalue weighted by Gasteiger charge is 2.30. The van der Waals surface area contributed by atoms with Crippen molar-refractivity contribution in [2.45, 2.75) is 51.7 Å². The summed E-state index contributed by atoms with van der Waals surface area (Å²) in [6.07, 6.45) is 0.384. The lowest BCUT2D eigenvalue weighted by Crippen LogP contribution is -2.37. The van der Waals surface area contributed by atoms with Crippen LogP contribution in [0, 0.1) is 0 Å². The number of benzene rings is 1. The van der Waals surface area contributed by atoms with E-state index < -0.39 is 24.1 Å². The molecule has 0 spiro atoms. The van der Waals surface area contributed by atoms with Gasteiger partial charge in [0.05, 0.1) is 12.7 Å². The molecule has 0 unspecified atom stereocenters. The minimum absolute atomic E-state index is 0.305. The number of carbonyl (C=O) groups is 2. The van der Waals surface area contributed by atoms with Crippen molar-refractivity contribution in [2.24, 2.45) is 0 Å². The molecule has 5 nitrogen and oxygen atoms in total. The van der Waals surface area contributed by atoms with E-state index in [4.69, 9.17) is 10.8 Å². The van der Waals surface area contributed by atoms with Crippen LogP contribution in [0.1, 0.15) is 50.9 Å². The first-order valence-electron chi connectivity index (χ1n) is 8.41. The molecule has 0 radical (unpaired) electrons. The first-order chi connectivity index (χ1) is 11.2. The molecule has 0 bridgehead atoms. The second-order valence-corrected chi connectivity index (χ2v) is 6.63. The van der Waals surface area contributed by atoms with Crippen molar-refractivity contribution in [1.29, 1.82) is 0 Å². The molecule has 0 aliphatic carbocycles. The lowest BCUT2D eigenvalue weighted by Gasteiger charge is -2.25. The molecule has 1 aromatic carbocycles. The largest absolute Gasteiger partial charge is 0.456 e. The lowest BCUT2D eigenvalue weighted by atomic mass is 9.98. The maximum atomic E-state index is 12.5. The fourth-order valence-electron chi connectivity index (χ4n) is 2.68. The first-order valence-corrected chi connectivity index (χ1v) is 7.83. The van der Waals surface area contributed by atoms with Crippen LogP contribution in [0.4, 0.5) is 4.79 Å². The van der Waals surface area contributed by atoms with Crippen molar-refractivity contribution in [3.05, 3.63) is 35.4 Å². The summed E-state index contributed by atoms with van der Waals surface area (Å²) in [6, 6.07) is 6.67. The highest BCUT2D eigenvalue weighted by Crippen LogP contribution is 2.24. The number of amides is 1. The van der Waals surface area contributed by atoms with Crippen LogP contribution in [0.2, 0.25) is 0 Å². The van der Waals surface area contributed by atoms with Crippen molar-refractivity contribution in [2.75, 3.05) is 13.7 Å². The van der Waals surface area contributed by atoms with Crippen molar-refractivity contribution >= 4 is 12.1 Å². The summed E-state index contributed by atoms with van der Waals surface area (Å²) in [5, 5.41) is 0. The zero-order valence-electron chi connectivity index (χ0n) is 15.2. The van der Waals surface area contributed by atoms with Gasteiger partial charge in [-0.3, -0.25) is 0 Å². The first kappa shape index (κ1) is 15.8. The van der Waals surface area contributed by atoms with Gasteiger partial charge in [0.2, 0.25) is 0 Å². The van der Waals surface area contributed by atoms with Crippen LogP contribution in [0.3, 0.4) is 0 Å². The normalized spacial score (nSPS) is 19.9. The molecule has 0 saturated carbocycles. The summed E-state index contributed by atoms with van der Waals surface area (Å²) >= 11 is 0. The fraction of sp³-hybridized carbons (Fsp3) is 0.556. The second kappa shape index (κ2) is 7.02. The Bertz CT molecular complexity index is 611. The summed E-state index contributed by atoms with van der Waals surface area (Å²) in [5.41, 5.74) is 0.351. The zero-order chi connectivity index (χ0) is 17.9. The quantitative estimate of drug-likeness (QED) is 0.801. The number of ether oxygens (including phenoxy) is 2. The van der Waals surface area contributed by atoms with E-state index in [0.29, 0.717) is 24.1 Å². The molecule has 0 N–H and O–H groups in total. The van der Waals surface area contributed by atoms with Crippen LogP contribution in [0.5, 0.6) is 0 Å². The maximum absolute atomic E-state index is 12.5. The summed E-state index contributed by atoms with van der Waals surface area (Å²) in [5.74, 6) is -0.446. The minimum atomic E-state index is -0.727. The van der Waals surface area contributed by atoms with Crippen molar-refractivity contribution in [1.82, 2.24) is 4.90 Å². The predicted octanol–water partition coefficient (Wildman–Crippen LogP) is 3.42. The maximum Gasteiger partial charge on any atom is 0.409 e. The van der Waals surface area contributed by atoms with E-state index in [2.05, 4.69) is 0 Å². The van der Waals surface area contributed by atoms with Gasteiger partial charge >= 0.3 is 12.1 Å². The average Bonchev–Trinajstić information content (AvgIpc) is 3.01. The average molecular weight is 320 g/mol. The van der Waals surface area contributed by atoms with E-state index in [1.54, 1.807) is 29.2 Å². The van der Waals surface area contributed by atoms with Crippen molar-refractivity contribution in [3.8, 4) is 0 Å². The number of likely N-dealkylation sites (tertiary alicyclic amines) is 1. The predicted molar refractivity (Wildman–Crippen MR) is 87.4 cm³/mol. The molecule has 126 valence electrons. The Balaban J connectivity index is 2.28. The Kier molecular flexibility index (Phi) is 4.84. The molecule has 5 heteroatoms. The number of carbonyl (C=O) groups excluding carboxylic acids is 2. The Morgan fingerprint density at radius 3 is 2.70 bits per heavy atom. The lowest BCUT2D eigenvalue weighted by molar-refractivity contribution is 0.00682. The van der Waals surface area contributed by atoms with Gasteiger partial charge < -0.3 is 14.4 Å². The molecule has 1 aromatic rings. The van der Waals surface area contributed by atoms with Gasteiger partial charge in [0.15, 0.2) is 0 Å². The van der Waals surface area contributed by atoms with Crippen LogP contribution in [0.15, 0.2) is 24.3 Å². The van der Waals surface area contributed by atoms with Crippen LogP contribution < -0.4 is 0 Å². The smallest absolute Gasteiger partial charge is 0.409 e. The molecule has 1 aliphatic heterocycles. The third-order valence-electron chi connectivity index (χ3n) is 3.66. The molecule has 1 amide bonds. The number of methoxy groups -OCH3 is 1. The van der Waals surface area contributed by atoms with Crippen LogP contribution in [-0.4, -0.2) is 42.3 Å². The van der Waals surface area contributed by atoms with Gasteiger partial charge in [-0.1, -0.05) is 18.2 Å². The van der Waals surface area contributed by atoms with Crippen LogP contribution >= 0.6 is 0 Å². The summed E-state index contributed by atoms with van der Waals surface area (Å²) in [6.45, 7) is 5.99. The molecule has 2 atom stereocenters. The summed E-state index contributed by atoms with van der Waals surface area (Å²) < 4.78 is 18.9. The van der Waals surface area contributed by atoms with E-state index >= 15 is 0 Å². The Morgan fingerprint density at radius 2 is 2.04 bits per heavy atom. The molecule has 1 fully saturated rings. The van der Waals surface area contributed by atoms with E-state index in [1.807, 2.05) is 20.8 Å². The molecule has 2 rings (SSSR count). The van der Waals surface area contributed by atoms with Gasteiger partial charge in [0.25, 0.3) is 0 Å². The van der Waals surface area contributed by atoms with E-state index in [1.165, 1.54) is 7.11 Å². The number of hydrogen-bond acceptors (Lipinski definition) is 4. The van der Waals surface area contributed by atoms with Gasteiger partial charge in [-0.25, -0.2) is 9.59 Å². The zero-order valence-corrected chi connectivity index (χ0v) is 14.2. The monoisotopic (exact) mass is 320 g/mol. The fourth-order valence-corrected chi connectivity index (χ4v) is 2.68. The molecule has 0 aromatic heterocycles. The van der Waals surface area contributed by atoms with E-state index in [9.17, 15) is 9.59 Å². The topological polar surface area (TPSA) is 55.8 Å². The highest BCUT2D eigenvalue weighted by atomic mass is 16.6. The van der Waals surface area contributed by atoms with Crippen LogP contribution in [0.25, 0.3) is 0 Å². The standard InChI is InChI=1S/C18H25NO4/c1-18(2,3)23-16(20)15-10-6-5-8-13(15)12-14-9-7-11-19(14)17(21)22-4/h5-6,8,10,14H,7,9,11-12H2,1-4H3/t14-/m1/s1/i12D/t12-,14+/m0. The SMILES string of the molecule is [2H][C@@H](c1ccccc1C(=O)OC(C)(C)C)[C@H]1CCCN1C(=O)OC. The van der Waals surface area contributed by atoms with Crippen molar-refractivity contribution < 1.29 is 20.4 Å². The van der Waals surface area contributed by atoms with Crippen molar-refractivity contribution in [3.63, 3.8) is 0 Å². The number of esters is 1. The van der Waals surface area contributed by atoms with E-state index in [0.717, 1.165) is 6.42 Å². The van der Waals surface area contributed by atoms with Crippen LogP contribution in [-0.2, 0) is 15.9 Å². The van der Waals surface area contributed by atoms with Gasteiger partial charge in [-0.2, -0.15) is 0 Å². The summed E-state index contributed by atoms with van der Waals surface area (Å²) in [7, 11) is 1.34. The molecular weight excluding hydrogens is 294 g/mol. The van der Waals surface area contributed by atoms with Gasteiger partial charge in [-0.15, -0.1) is 0 Å².